The van der Waals surface area contributed by atoms with E-state index >= 15 is 9.59 Å². The number of rotatable bonds is 20. The van der Waals surface area contributed by atoms with Gasteiger partial charge in [-0.25, -0.2) is 0 Å². The molecule has 2 heteroatoms. The molecule has 0 N–H and O–H groups in total. The molecule has 2 atom stereocenters. The highest BCUT2D eigenvalue weighted by Gasteiger charge is 2.68. The molecule has 0 unspecified atom stereocenters. The maximum Gasteiger partial charge on any atom is 0.160 e. The molecule has 0 spiro atoms. The van der Waals surface area contributed by atoms with Gasteiger partial charge >= 0.3 is 0 Å². The van der Waals surface area contributed by atoms with E-state index in [2.05, 4.69) is 93.5 Å². The van der Waals surface area contributed by atoms with Gasteiger partial charge in [-0.3, -0.25) is 9.59 Å². The van der Waals surface area contributed by atoms with Crippen molar-refractivity contribution in [2.45, 2.75) is 208 Å². The van der Waals surface area contributed by atoms with Gasteiger partial charge in [0.15, 0.2) is 11.6 Å². The zero-order chi connectivity index (χ0) is 42.9. The van der Waals surface area contributed by atoms with Gasteiger partial charge in [0, 0.05) is 22.7 Å². The summed E-state index contributed by atoms with van der Waals surface area (Å²) in [6.45, 7) is 23.4. The maximum absolute atomic E-state index is 15.0. The fourth-order valence-electron chi connectivity index (χ4n) is 13.8. The Bertz CT molecular complexity index is 2010. The number of hydrogen-bond donors (Lipinski definition) is 0. The van der Waals surface area contributed by atoms with E-state index in [0.717, 1.165) is 128 Å². The molecule has 60 heavy (non-hydrogen) atoms. The molecule has 8 rings (SSSR count). The van der Waals surface area contributed by atoms with Crippen molar-refractivity contribution in [2.24, 2.45) is 11.8 Å². The fourth-order valence-corrected chi connectivity index (χ4v) is 13.8. The van der Waals surface area contributed by atoms with Gasteiger partial charge in [-0.2, -0.15) is 0 Å². The number of ketones is 2. The van der Waals surface area contributed by atoms with Gasteiger partial charge in [0.1, 0.15) is 0 Å². The molecule has 2 nitrogen and oxygen atoms in total. The minimum Gasteiger partial charge on any atom is -0.294 e. The first-order valence-electron chi connectivity index (χ1n) is 25.2. The highest BCUT2D eigenvalue weighted by atomic mass is 16.1. The third kappa shape index (κ3) is 6.61. The van der Waals surface area contributed by atoms with Crippen LogP contribution in [0.3, 0.4) is 0 Å². The van der Waals surface area contributed by atoms with E-state index in [9.17, 15) is 0 Å². The number of carbonyl (C=O) groups excluding carboxylic acids is 2. The number of fused-ring (bicyclic) bond motifs is 2. The summed E-state index contributed by atoms with van der Waals surface area (Å²) in [5.41, 5.74) is 17.0. The summed E-state index contributed by atoms with van der Waals surface area (Å²) >= 11 is 0. The van der Waals surface area contributed by atoms with Crippen molar-refractivity contribution in [2.75, 3.05) is 0 Å². The summed E-state index contributed by atoms with van der Waals surface area (Å²) in [5.74, 6) is -0.452. The standard InChI is InChI=1S/C58H78O2/c1-11-21-37-38(22-12-2)42(26-16-6)46-34-50-49(33-45(46)41(37)25-15-5)57(31-19-9)51-35-47-43(27-17-7)39(23-13-3)40(24-14-4)44(28-18-8)48(47)36-52(51)58(50,32-20-10)56-54(60)30-29-53(59)55(56)57/h29-30,33-36,55-56H,11-28,31-32H2,1-10H3/t55-,56+,57?,58?. The average Bonchev–Trinajstić information content (AvgIpc) is 3.24. The normalized spacial score (nSPS) is 21.6. The SMILES string of the molecule is CCCc1c(CCC)c(CCC)c2cc3c(cc2c1CCC)C1(CCC)c2cc4c(CCC)c(CCC)c(CCC)c(CCC)c4cc2C3(CCC)[C@H]2C(=O)C=CC(=O)[C@H]21. The monoisotopic (exact) mass is 807 g/mol. The molecule has 322 valence electrons. The van der Waals surface area contributed by atoms with E-state index in [-0.39, 0.29) is 11.6 Å². The Morgan fingerprint density at radius 2 is 0.550 bits per heavy atom. The predicted octanol–water partition coefficient (Wildman–Crippen LogP) is 15.1. The number of carbonyl (C=O) groups is 2. The molecule has 4 aromatic rings. The Morgan fingerprint density at radius 1 is 0.333 bits per heavy atom. The van der Waals surface area contributed by atoms with Gasteiger partial charge in [0.2, 0.25) is 0 Å². The zero-order valence-corrected chi connectivity index (χ0v) is 39.6. The van der Waals surface area contributed by atoms with Crippen LogP contribution in [-0.4, -0.2) is 11.6 Å². The van der Waals surface area contributed by atoms with Crippen molar-refractivity contribution >= 4 is 33.1 Å². The Labute approximate surface area is 364 Å². The van der Waals surface area contributed by atoms with Crippen LogP contribution in [0.4, 0.5) is 0 Å². The smallest absolute Gasteiger partial charge is 0.160 e. The average molecular weight is 807 g/mol. The minimum atomic E-state index is -0.581. The first-order valence-corrected chi connectivity index (χ1v) is 25.2. The molecule has 0 heterocycles. The van der Waals surface area contributed by atoms with Crippen LogP contribution in [0.15, 0.2) is 36.4 Å². The lowest BCUT2D eigenvalue weighted by Crippen LogP contribution is -2.65. The van der Waals surface area contributed by atoms with Gasteiger partial charge in [0.25, 0.3) is 0 Å². The summed E-state index contributed by atoms with van der Waals surface area (Å²) in [4.78, 5) is 30.1. The molecule has 2 bridgehead atoms. The Kier molecular flexibility index (Phi) is 13.7. The van der Waals surface area contributed by atoms with Crippen LogP contribution in [0.2, 0.25) is 0 Å². The third-order valence-corrected chi connectivity index (χ3v) is 15.4. The summed E-state index contributed by atoms with van der Waals surface area (Å²) in [6, 6.07) is 10.6. The maximum atomic E-state index is 15.0. The minimum absolute atomic E-state index is 0.167. The topological polar surface area (TPSA) is 34.1 Å². The van der Waals surface area contributed by atoms with Crippen LogP contribution in [0.5, 0.6) is 0 Å². The van der Waals surface area contributed by atoms with Crippen molar-refractivity contribution in [3.05, 3.63) is 103 Å². The Morgan fingerprint density at radius 3 is 0.750 bits per heavy atom. The second kappa shape index (κ2) is 18.4. The Balaban J connectivity index is 1.76. The lowest BCUT2D eigenvalue weighted by molar-refractivity contribution is -0.136. The number of benzene rings is 4. The van der Waals surface area contributed by atoms with Crippen molar-refractivity contribution < 1.29 is 9.59 Å². The van der Waals surface area contributed by atoms with Gasteiger partial charge < -0.3 is 0 Å². The van der Waals surface area contributed by atoms with Gasteiger partial charge in [-0.1, -0.05) is 133 Å². The van der Waals surface area contributed by atoms with E-state index in [1.165, 1.54) is 43.8 Å². The van der Waals surface area contributed by atoms with Crippen LogP contribution in [0.25, 0.3) is 21.5 Å². The molecule has 0 aromatic heterocycles. The molecule has 4 aliphatic carbocycles. The molecule has 0 saturated heterocycles. The Hall–Kier alpha value is -3.52. The summed E-state index contributed by atoms with van der Waals surface area (Å²) < 4.78 is 0. The van der Waals surface area contributed by atoms with Crippen LogP contribution < -0.4 is 0 Å². The van der Waals surface area contributed by atoms with Crippen LogP contribution in [0.1, 0.15) is 213 Å². The van der Waals surface area contributed by atoms with Gasteiger partial charge in [-0.15, -0.1) is 0 Å². The van der Waals surface area contributed by atoms with E-state index in [0.29, 0.717) is 0 Å². The molecule has 0 saturated carbocycles. The molecule has 0 amide bonds. The highest BCUT2D eigenvalue weighted by Crippen LogP contribution is 2.69. The van der Waals surface area contributed by atoms with Gasteiger partial charge in [-0.05, 0) is 189 Å². The fraction of sp³-hybridized carbons (Fsp3) is 0.586. The second-order valence-electron chi connectivity index (χ2n) is 19.3. The molecule has 0 radical (unpaired) electrons. The second-order valence-corrected chi connectivity index (χ2v) is 19.3. The number of allylic oxidation sites excluding steroid dienone is 2. The van der Waals surface area contributed by atoms with Crippen molar-refractivity contribution in [3.63, 3.8) is 0 Å². The van der Waals surface area contributed by atoms with Gasteiger partial charge in [0.05, 0.1) is 0 Å². The lowest BCUT2D eigenvalue weighted by atomic mass is 9.37. The highest BCUT2D eigenvalue weighted by molar-refractivity contribution is 6.11. The molecule has 0 aliphatic heterocycles. The largest absolute Gasteiger partial charge is 0.294 e. The summed E-state index contributed by atoms with van der Waals surface area (Å²) in [6.07, 6.45) is 24.7. The molecule has 0 fully saturated rings. The first-order chi connectivity index (χ1) is 29.2. The predicted molar refractivity (Wildman–Crippen MR) is 257 cm³/mol. The number of hydrogen-bond acceptors (Lipinski definition) is 2. The van der Waals surface area contributed by atoms with E-state index in [4.69, 9.17) is 0 Å². The van der Waals surface area contributed by atoms with Crippen LogP contribution in [-0.2, 0) is 71.8 Å². The summed E-state index contributed by atoms with van der Waals surface area (Å²) in [5, 5.41) is 5.75. The molecular weight excluding hydrogens is 729 g/mol. The first kappa shape index (κ1) is 44.5. The lowest BCUT2D eigenvalue weighted by Gasteiger charge is -2.63. The van der Waals surface area contributed by atoms with Crippen molar-refractivity contribution in [1.29, 1.82) is 0 Å². The number of aryl methyl sites for hydroxylation is 4. The van der Waals surface area contributed by atoms with Crippen molar-refractivity contribution in [1.82, 2.24) is 0 Å². The van der Waals surface area contributed by atoms with E-state index < -0.39 is 22.7 Å². The molecular formula is C58H78O2. The molecule has 4 aliphatic rings. The van der Waals surface area contributed by atoms with E-state index in [1.807, 2.05) is 0 Å². The van der Waals surface area contributed by atoms with Crippen molar-refractivity contribution in [3.8, 4) is 0 Å². The van der Waals surface area contributed by atoms with Crippen LogP contribution >= 0.6 is 0 Å². The zero-order valence-electron chi connectivity index (χ0n) is 39.6. The van der Waals surface area contributed by atoms with Crippen LogP contribution in [0, 0.1) is 11.8 Å². The van der Waals surface area contributed by atoms with E-state index in [1.54, 1.807) is 56.7 Å². The third-order valence-electron chi connectivity index (χ3n) is 15.4. The summed E-state index contributed by atoms with van der Waals surface area (Å²) in [7, 11) is 0. The quantitative estimate of drug-likeness (QED) is 0.0891. The molecule has 4 aromatic carbocycles.